The number of benzene rings is 12. The normalized spacial score (nSPS) is 13.9. The minimum atomic E-state index is -3.12. The van der Waals surface area contributed by atoms with E-state index in [1.807, 2.05) is 0 Å². The Morgan fingerprint density at radius 2 is 0.321 bits per heavy atom. The van der Waals surface area contributed by atoms with Crippen LogP contribution in [-0.4, -0.2) is 24.2 Å². The molecule has 81 heavy (non-hydrogen) atoms. The molecule has 388 valence electrons. The molecule has 0 saturated carbocycles. The summed E-state index contributed by atoms with van der Waals surface area (Å²) in [5, 5.41) is 16.6. The Bertz CT molecular complexity index is 3770. The minimum absolute atomic E-state index is 0.208. The third-order valence-corrected chi connectivity index (χ3v) is 33.0. The second kappa shape index (κ2) is 19.8. The van der Waals surface area contributed by atoms with Crippen molar-refractivity contribution in [1.82, 2.24) is 0 Å². The quantitative estimate of drug-likeness (QED) is 0.0845. The van der Waals surface area contributed by atoms with Crippen molar-refractivity contribution in [3.8, 4) is 22.3 Å². The number of rotatable bonds is 12. The molecule has 0 nitrogen and oxygen atoms in total. The average molecular weight is 1090 g/mol. The van der Waals surface area contributed by atoms with Crippen molar-refractivity contribution in [2.24, 2.45) is 0 Å². The Labute approximate surface area is 481 Å². The van der Waals surface area contributed by atoms with Gasteiger partial charge in [0, 0.05) is 10.8 Å². The van der Waals surface area contributed by atoms with Crippen molar-refractivity contribution >= 4 is 86.5 Å². The SMILES string of the molecule is CC1(C)c2ccc([Si](c3ccccc3)(c3ccccc3)c3ccccc3)cc2-c2cc([Si](c3ccccc3)(c3ccccc3)c3ccc4c(c3)-c3cc([Si](c5ccccc5)(c5ccccc5)c5ccccc5)ccc3C4(C)C)ccc21. The van der Waals surface area contributed by atoms with Gasteiger partial charge < -0.3 is 0 Å². The van der Waals surface area contributed by atoms with Gasteiger partial charge >= 0.3 is 0 Å². The van der Waals surface area contributed by atoms with Gasteiger partial charge in [0.1, 0.15) is 0 Å². The largest absolute Gasteiger partial charge is 0.179 e. The molecule has 12 aromatic rings. The molecule has 0 unspecified atom stereocenters. The molecular formula is C78H64Si3. The van der Waals surface area contributed by atoms with Crippen LogP contribution in [0.25, 0.3) is 22.3 Å². The van der Waals surface area contributed by atoms with Crippen LogP contribution >= 0.6 is 0 Å². The summed E-state index contributed by atoms with van der Waals surface area (Å²) in [6.45, 7) is 9.74. The molecule has 0 aromatic heterocycles. The summed E-state index contributed by atoms with van der Waals surface area (Å²) < 4.78 is 0. The fourth-order valence-electron chi connectivity index (χ4n) is 15.0. The van der Waals surface area contributed by atoms with E-state index in [1.165, 1.54) is 107 Å². The van der Waals surface area contributed by atoms with Crippen LogP contribution in [0.3, 0.4) is 0 Å². The van der Waals surface area contributed by atoms with Crippen molar-refractivity contribution < 1.29 is 0 Å². The van der Waals surface area contributed by atoms with Crippen molar-refractivity contribution in [3.05, 3.63) is 338 Å². The molecule has 2 aliphatic carbocycles. The Morgan fingerprint density at radius 1 is 0.173 bits per heavy atom. The van der Waals surface area contributed by atoms with E-state index in [-0.39, 0.29) is 10.8 Å². The first kappa shape index (κ1) is 50.5. The molecule has 0 fully saturated rings. The van der Waals surface area contributed by atoms with Crippen molar-refractivity contribution in [1.29, 1.82) is 0 Å². The van der Waals surface area contributed by atoms with Gasteiger partial charge in [-0.2, -0.15) is 0 Å². The first-order valence-electron chi connectivity index (χ1n) is 28.7. The van der Waals surface area contributed by atoms with E-state index in [0.29, 0.717) is 0 Å². The molecule has 0 saturated heterocycles. The molecule has 0 N–H and O–H groups in total. The molecule has 0 heterocycles. The summed E-state index contributed by atoms with van der Waals surface area (Å²) >= 11 is 0. The van der Waals surface area contributed by atoms with Crippen molar-refractivity contribution in [2.75, 3.05) is 0 Å². The highest BCUT2D eigenvalue weighted by Crippen LogP contribution is 2.50. The Morgan fingerprint density at radius 3 is 0.481 bits per heavy atom. The molecule has 0 amide bonds. The predicted octanol–water partition coefficient (Wildman–Crippen LogP) is 10.4. The van der Waals surface area contributed by atoms with E-state index in [4.69, 9.17) is 0 Å². The van der Waals surface area contributed by atoms with Gasteiger partial charge in [0.05, 0.1) is 0 Å². The maximum atomic E-state index is 2.65. The summed E-state index contributed by atoms with van der Waals surface area (Å²) in [4.78, 5) is 0. The van der Waals surface area contributed by atoms with E-state index in [9.17, 15) is 0 Å². The van der Waals surface area contributed by atoms with Crippen LogP contribution in [0.4, 0.5) is 0 Å². The smallest absolute Gasteiger partial charge is 0.0623 e. The fourth-order valence-corrected chi connectivity index (χ4v) is 29.3. The molecule has 0 bridgehead atoms. The number of hydrogen-bond acceptors (Lipinski definition) is 0. The minimum Gasteiger partial charge on any atom is -0.0623 e. The van der Waals surface area contributed by atoms with Crippen LogP contribution in [0, 0.1) is 0 Å². The van der Waals surface area contributed by atoms with Crippen LogP contribution in [0.1, 0.15) is 49.9 Å². The molecule has 0 aliphatic heterocycles. The zero-order valence-corrected chi connectivity index (χ0v) is 49.5. The van der Waals surface area contributed by atoms with Gasteiger partial charge in [-0.15, -0.1) is 0 Å². The lowest BCUT2D eigenvalue weighted by Gasteiger charge is -2.36. The third kappa shape index (κ3) is 7.67. The monoisotopic (exact) mass is 1080 g/mol. The highest BCUT2D eigenvalue weighted by molar-refractivity contribution is 7.21. The van der Waals surface area contributed by atoms with E-state index in [2.05, 4.69) is 343 Å². The number of hydrogen-bond donors (Lipinski definition) is 0. The molecule has 0 radical (unpaired) electrons. The van der Waals surface area contributed by atoms with Gasteiger partial charge in [0.15, 0.2) is 24.2 Å². The van der Waals surface area contributed by atoms with E-state index in [0.717, 1.165) is 0 Å². The van der Waals surface area contributed by atoms with Crippen molar-refractivity contribution in [2.45, 2.75) is 38.5 Å². The Balaban J connectivity index is 1.02. The van der Waals surface area contributed by atoms with Crippen LogP contribution in [-0.2, 0) is 10.8 Å². The summed E-state index contributed by atoms with van der Waals surface area (Å²) in [6, 6.07) is 122. The van der Waals surface area contributed by atoms with Crippen LogP contribution in [0.2, 0.25) is 0 Å². The van der Waals surface area contributed by atoms with Gasteiger partial charge in [-0.3, -0.25) is 0 Å². The van der Waals surface area contributed by atoms with Gasteiger partial charge in [-0.05, 0) is 107 Å². The lowest BCUT2D eigenvalue weighted by molar-refractivity contribution is 0.660. The highest BCUT2D eigenvalue weighted by atomic mass is 28.3. The fraction of sp³-hybridized carbons (Fsp3) is 0.0769. The molecule has 14 rings (SSSR count). The molecule has 0 spiro atoms. The average Bonchev–Trinajstić information content (AvgIpc) is 4.17. The van der Waals surface area contributed by atoms with Gasteiger partial charge in [-0.1, -0.05) is 343 Å². The molecule has 12 aromatic carbocycles. The summed E-state index contributed by atoms with van der Waals surface area (Å²) in [5.41, 5.74) is 10.5. The summed E-state index contributed by atoms with van der Waals surface area (Å²) in [7, 11) is -8.78. The molecule has 2 aliphatic rings. The lowest BCUT2D eigenvalue weighted by atomic mass is 9.82. The molecule has 3 heteroatoms. The Kier molecular flexibility index (Phi) is 12.4. The maximum Gasteiger partial charge on any atom is 0.179 e. The van der Waals surface area contributed by atoms with Gasteiger partial charge in [-0.25, -0.2) is 0 Å². The van der Waals surface area contributed by atoms with Crippen LogP contribution in [0.5, 0.6) is 0 Å². The first-order chi connectivity index (χ1) is 39.7. The maximum absolute atomic E-state index is 3.12. The van der Waals surface area contributed by atoms with E-state index in [1.54, 1.807) is 0 Å². The van der Waals surface area contributed by atoms with Crippen LogP contribution < -0.4 is 62.2 Å². The van der Waals surface area contributed by atoms with Crippen molar-refractivity contribution in [3.63, 3.8) is 0 Å². The zero-order valence-electron chi connectivity index (χ0n) is 46.5. The molecule has 0 atom stereocenters. The second-order valence-electron chi connectivity index (χ2n) is 23.5. The highest BCUT2D eigenvalue weighted by Gasteiger charge is 2.48. The first-order valence-corrected chi connectivity index (χ1v) is 34.7. The lowest BCUT2D eigenvalue weighted by Crippen LogP contribution is -2.75. The molecular weight excluding hydrogens is 1020 g/mol. The summed E-state index contributed by atoms with van der Waals surface area (Å²) in [6.07, 6.45) is 0. The number of fused-ring (bicyclic) bond motifs is 6. The predicted molar refractivity (Wildman–Crippen MR) is 352 cm³/mol. The topological polar surface area (TPSA) is 0 Å². The van der Waals surface area contributed by atoms with E-state index >= 15 is 0 Å². The third-order valence-electron chi connectivity index (χ3n) is 18.7. The van der Waals surface area contributed by atoms with E-state index < -0.39 is 24.2 Å². The Hall–Kier alpha value is -8.71. The summed E-state index contributed by atoms with van der Waals surface area (Å²) in [5.74, 6) is 0. The van der Waals surface area contributed by atoms with Gasteiger partial charge in [0.2, 0.25) is 0 Å². The van der Waals surface area contributed by atoms with Crippen LogP contribution in [0.15, 0.2) is 315 Å². The second-order valence-corrected chi connectivity index (χ2v) is 34.9. The van der Waals surface area contributed by atoms with Gasteiger partial charge in [0.25, 0.3) is 0 Å². The zero-order chi connectivity index (χ0) is 54.8. The standard InChI is InChI=1S/C78H64Si3/c1-77(2)73-49-45-65(79(57-29-13-5-14-30-57,58-31-15-6-16-32-58)59-33-17-7-18-34-59)53-69(73)71-55-67(47-51-75(71)77)81(63-41-25-11-26-42-63,64-43-27-12-28-44-64)68-48-52-76-72(56-68)70-54-66(46-50-74(70)78(76,3)4)80(60-35-19-8-20-36-60,61-37-21-9-22-38-61)62-39-23-10-24-40-62/h5-56H,1-4H3.